The molecule has 39 heavy (non-hydrogen) atoms. The topological polar surface area (TPSA) is 63.6 Å². The van der Waals surface area contributed by atoms with E-state index in [0.29, 0.717) is 49.7 Å². The van der Waals surface area contributed by atoms with Crippen LogP contribution in [0.25, 0.3) is 0 Å². The number of nitrogens with zero attached hydrogens (tertiary/aromatic N) is 1. The number of benzene rings is 1. The zero-order valence-electron chi connectivity index (χ0n) is 26.5. The van der Waals surface area contributed by atoms with Crippen molar-refractivity contribution in [1.82, 2.24) is 0 Å². The molecule has 4 nitrogen and oxygen atoms in total. The highest BCUT2D eigenvalue weighted by atomic mass is 16.1. The van der Waals surface area contributed by atoms with Gasteiger partial charge in [0.05, 0.1) is 0 Å². The van der Waals surface area contributed by atoms with Crippen molar-refractivity contribution in [3.05, 3.63) is 35.9 Å². The van der Waals surface area contributed by atoms with Gasteiger partial charge in [-0.15, -0.1) is 0 Å². The molecular weight excluding hydrogens is 482 g/mol. The van der Waals surface area contributed by atoms with E-state index in [1.807, 2.05) is 18.2 Å². The third kappa shape index (κ3) is 13.7. The Morgan fingerprint density at radius 3 is 2.05 bits per heavy atom. The fraction of sp³-hybridized carbons (Fsp3) is 0.714. The molecular formula is C35H57NO3. The first-order chi connectivity index (χ1) is 18.3. The first-order valence-electron chi connectivity index (χ1n) is 15.4. The minimum atomic E-state index is -0.393. The Bertz CT molecular complexity index is 896. The van der Waals surface area contributed by atoms with Crippen LogP contribution in [0.15, 0.2) is 35.3 Å². The molecule has 0 aromatic heterocycles. The minimum absolute atomic E-state index is 0.0514. The summed E-state index contributed by atoms with van der Waals surface area (Å²) in [7, 11) is 0. The number of Topliss-reactive ketones (excluding diaryl/α,β-unsaturated/α-hetero) is 3. The second-order valence-electron chi connectivity index (χ2n) is 13.3. The minimum Gasteiger partial charge on any atom is -0.300 e. The molecule has 0 spiro atoms. The fourth-order valence-electron chi connectivity index (χ4n) is 5.55. The average molecular weight is 540 g/mol. The molecule has 1 rings (SSSR count). The summed E-state index contributed by atoms with van der Waals surface area (Å²) in [6.07, 6.45) is 7.39. The van der Waals surface area contributed by atoms with Crippen LogP contribution in [0.2, 0.25) is 0 Å². The van der Waals surface area contributed by atoms with Gasteiger partial charge in [0.2, 0.25) is 0 Å². The van der Waals surface area contributed by atoms with Crippen LogP contribution < -0.4 is 0 Å². The van der Waals surface area contributed by atoms with E-state index < -0.39 is 6.04 Å². The highest BCUT2D eigenvalue weighted by molar-refractivity contribution is 5.93. The lowest BCUT2D eigenvalue weighted by molar-refractivity contribution is -0.123. The predicted octanol–water partition coefficient (Wildman–Crippen LogP) is 8.74. The van der Waals surface area contributed by atoms with Crippen LogP contribution in [-0.2, 0) is 20.8 Å². The summed E-state index contributed by atoms with van der Waals surface area (Å²) in [5, 5.41) is 0. The number of hydrogen-bond acceptors (Lipinski definition) is 4. The van der Waals surface area contributed by atoms with Crippen molar-refractivity contribution < 1.29 is 14.4 Å². The predicted molar refractivity (Wildman–Crippen MR) is 165 cm³/mol. The van der Waals surface area contributed by atoms with Crippen molar-refractivity contribution in [3.8, 4) is 0 Å². The summed E-state index contributed by atoms with van der Waals surface area (Å²) in [6.45, 7) is 19.4. The first kappa shape index (κ1) is 34.9. The monoisotopic (exact) mass is 539 g/mol. The van der Waals surface area contributed by atoms with Crippen molar-refractivity contribution in [2.24, 2.45) is 40.0 Å². The zero-order valence-corrected chi connectivity index (χ0v) is 26.5. The van der Waals surface area contributed by atoms with E-state index in [4.69, 9.17) is 0 Å². The second-order valence-corrected chi connectivity index (χ2v) is 13.3. The van der Waals surface area contributed by atoms with Crippen LogP contribution in [0.1, 0.15) is 119 Å². The van der Waals surface area contributed by atoms with Gasteiger partial charge < -0.3 is 0 Å². The molecule has 0 amide bonds. The fourth-order valence-corrected chi connectivity index (χ4v) is 5.55. The van der Waals surface area contributed by atoms with Crippen LogP contribution >= 0.6 is 0 Å². The Kier molecular flexibility index (Phi) is 15.7. The molecule has 0 fully saturated rings. The number of rotatable bonds is 19. The molecule has 5 atom stereocenters. The van der Waals surface area contributed by atoms with Gasteiger partial charge in [-0.2, -0.15) is 0 Å². The maximum atomic E-state index is 13.3. The van der Waals surface area contributed by atoms with E-state index in [-0.39, 0.29) is 41.2 Å². The lowest BCUT2D eigenvalue weighted by atomic mass is 9.71. The van der Waals surface area contributed by atoms with Crippen molar-refractivity contribution >= 4 is 23.6 Å². The van der Waals surface area contributed by atoms with E-state index in [1.54, 1.807) is 6.21 Å². The largest absolute Gasteiger partial charge is 0.300 e. The van der Waals surface area contributed by atoms with Gasteiger partial charge >= 0.3 is 0 Å². The van der Waals surface area contributed by atoms with Crippen LogP contribution in [0.4, 0.5) is 0 Å². The molecule has 0 aliphatic rings. The molecule has 0 heterocycles. The van der Waals surface area contributed by atoms with Gasteiger partial charge in [0, 0.05) is 38.3 Å². The highest BCUT2D eigenvalue weighted by Gasteiger charge is 2.33. The summed E-state index contributed by atoms with van der Waals surface area (Å²) in [5.74, 6) is 2.00. The van der Waals surface area contributed by atoms with Crippen molar-refractivity contribution in [2.45, 2.75) is 126 Å². The normalized spacial score (nSPS) is 16.2. The second kappa shape index (κ2) is 17.6. The van der Waals surface area contributed by atoms with Gasteiger partial charge in [-0.3, -0.25) is 19.4 Å². The lowest BCUT2D eigenvalue weighted by Crippen LogP contribution is -2.34. The molecule has 1 unspecified atom stereocenters. The third-order valence-corrected chi connectivity index (χ3v) is 8.42. The van der Waals surface area contributed by atoms with Gasteiger partial charge in [-0.25, -0.2) is 0 Å². The maximum Gasteiger partial charge on any atom is 0.157 e. The van der Waals surface area contributed by atoms with Gasteiger partial charge in [0.25, 0.3) is 0 Å². The molecule has 0 radical (unpaired) electrons. The van der Waals surface area contributed by atoms with Gasteiger partial charge in [-0.1, -0.05) is 105 Å². The Morgan fingerprint density at radius 1 is 0.872 bits per heavy atom. The van der Waals surface area contributed by atoms with Crippen LogP contribution in [0.5, 0.6) is 0 Å². The molecule has 0 saturated carbocycles. The van der Waals surface area contributed by atoms with Crippen LogP contribution in [0.3, 0.4) is 0 Å². The number of hydrogen-bond donors (Lipinski definition) is 0. The Hall–Kier alpha value is -2.10. The number of carbonyl (C=O) groups is 3. The number of aliphatic imine (C=N–C) groups is 1. The van der Waals surface area contributed by atoms with E-state index in [0.717, 1.165) is 19.3 Å². The van der Waals surface area contributed by atoms with Gasteiger partial charge in [0.15, 0.2) is 5.78 Å². The van der Waals surface area contributed by atoms with Crippen molar-refractivity contribution in [3.63, 3.8) is 0 Å². The smallest absolute Gasteiger partial charge is 0.157 e. The molecule has 1 aromatic carbocycles. The quantitative estimate of drug-likeness (QED) is 0.165. The Labute approximate surface area is 239 Å². The van der Waals surface area contributed by atoms with E-state index >= 15 is 0 Å². The lowest BCUT2D eigenvalue weighted by Gasteiger charge is -2.34. The summed E-state index contributed by atoms with van der Waals surface area (Å²) >= 11 is 0. The molecule has 1 aromatic rings. The molecule has 0 aliphatic carbocycles. The van der Waals surface area contributed by atoms with Crippen molar-refractivity contribution in [2.75, 3.05) is 0 Å². The SMILES string of the molecule is CC[C@@H](C)CC(=O)C[C@H](CCC(=O)CC=NC(C(=O)C[C@@H](C(C)C)C(C)(C)C)[C@@H](C)CC)Cc1ccccc1. The molecule has 4 heteroatoms. The Balaban J connectivity index is 2.81. The molecule has 0 saturated heterocycles. The molecule has 220 valence electrons. The number of carbonyl (C=O) groups excluding carboxylic acids is 3. The summed E-state index contributed by atoms with van der Waals surface area (Å²) in [6, 6.07) is 9.84. The van der Waals surface area contributed by atoms with E-state index in [9.17, 15) is 14.4 Å². The van der Waals surface area contributed by atoms with Crippen LogP contribution in [-0.4, -0.2) is 29.6 Å². The van der Waals surface area contributed by atoms with Crippen molar-refractivity contribution in [1.29, 1.82) is 0 Å². The average Bonchev–Trinajstić information content (AvgIpc) is 2.87. The highest BCUT2D eigenvalue weighted by Crippen LogP contribution is 2.35. The van der Waals surface area contributed by atoms with E-state index in [1.165, 1.54) is 5.56 Å². The molecule has 0 aliphatic heterocycles. The Morgan fingerprint density at radius 2 is 1.51 bits per heavy atom. The van der Waals surface area contributed by atoms with Crippen LogP contribution in [0, 0.1) is 35.0 Å². The zero-order chi connectivity index (χ0) is 29.6. The standard InChI is InChI=1S/C35H57NO3/c1-10-26(5)21-31(38)23-29(22-28-15-13-12-14-16-28)17-18-30(37)19-20-36-34(27(6)11-2)33(39)24-32(25(3)4)35(7,8)9/h12-16,20,25-27,29,32,34H,10-11,17-19,21-24H2,1-9H3/t26-,27+,29-,32+,34?/m1/s1. The summed E-state index contributed by atoms with van der Waals surface area (Å²) in [4.78, 5) is 43.5. The van der Waals surface area contributed by atoms with E-state index in [2.05, 4.69) is 79.4 Å². The molecule has 0 N–H and O–H groups in total. The number of ketones is 3. The maximum absolute atomic E-state index is 13.3. The summed E-state index contributed by atoms with van der Waals surface area (Å²) < 4.78 is 0. The third-order valence-electron chi connectivity index (χ3n) is 8.42. The molecule has 0 bridgehead atoms. The van der Waals surface area contributed by atoms with Gasteiger partial charge in [-0.05, 0) is 53.4 Å². The first-order valence-corrected chi connectivity index (χ1v) is 15.4. The van der Waals surface area contributed by atoms with Gasteiger partial charge in [0.1, 0.15) is 17.6 Å². The summed E-state index contributed by atoms with van der Waals surface area (Å²) in [5.41, 5.74) is 1.26.